The number of rotatable bonds is 6. The molecule has 0 aliphatic heterocycles. The largest absolute Gasteiger partial charge is 0.423 e. The molecular formula is C25H20N2O4. The fraction of sp³-hybridized carbons (Fsp3) is 0. The highest BCUT2D eigenvalue weighted by Gasteiger charge is 2.07. The first-order valence-electron chi connectivity index (χ1n) is 9.49. The maximum atomic E-state index is 12.1. The highest BCUT2D eigenvalue weighted by molar-refractivity contribution is 5.98. The molecule has 0 spiro atoms. The lowest BCUT2D eigenvalue weighted by Crippen LogP contribution is -2.40. The van der Waals surface area contributed by atoms with Gasteiger partial charge in [-0.05, 0) is 35.9 Å². The molecule has 0 saturated carbocycles. The summed E-state index contributed by atoms with van der Waals surface area (Å²) in [7, 11) is 0. The van der Waals surface area contributed by atoms with Crippen LogP contribution in [-0.4, -0.2) is 17.8 Å². The van der Waals surface area contributed by atoms with Crippen LogP contribution in [0.4, 0.5) is 0 Å². The van der Waals surface area contributed by atoms with Gasteiger partial charge < -0.3 is 4.74 Å². The molecule has 0 aromatic heterocycles. The van der Waals surface area contributed by atoms with Gasteiger partial charge in [0.15, 0.2) is 0 Å². The number of nitrogens with one attached hydrogen (secondary N) is 2. The summed E-state index contributed by atoms with van der Waals surface area (Å²) in [5, 5.41) is 0. The van der Waals surface area contributed by atoms with Gasteiger partial charge in [0, 0.05) is 23.3 Å². The Morgan fingerprint density at radius 3 is 2.06 bits per heavy atom. The first-order chi connectivity index (χ1) is 15.1. The number of hydrazine groups is 1. The average molecular weight is 412 g/mol. The third-order valence-electron chi connectivity index (χ3n) is 4.09. The highest BCUT2D eigenvalue weighted by Crippen LogP contribution is 2.20. The Balaban J connectivity index is 1.57. The molecule has 154 valence electrons. The maximum Gasteiger partial charge on any atom is 0.336 e. The molecule has 6 heteroatoms. The molecule has 2 N–H and O–H groups in total. The molecule has 0 aliphatic carbocycles. The standard InChI is InChI=1S/C25H20N2O4/c28-23(26-27-25(30)21-12-5-2-6-13-21)17-16-20-11-7-8-14-22(20)31-24(29)18-15-19-9-3-1-4-10-19/h1-18H,(H,26,28)(H,27,30)/b17-16+,18-15+. The summed E-state index contributed by atoms with van der Waals surface area (Å²) in [5.74, 6) is -1.19. The van der Waals surface area contributed by atoms with Gasteiger partial charge >= 0.3 is 5.97 Å². The Kier molecular flexibility index (Phi) is 7.49. The molecule has 3 aromatic rings. The summed E-state index contributed by atoms with van der Waals surface area (Å²) in [6, 6.07) is 24.7. The van der Waals surface area contributed by atoms with Crippen LogP contribution in [0.3, 0.4) is 0 Å². The number of carbonyl (C=O) groups is 3. The second-order valence-corrected chi connectivity index (χ2v) is 6.35. The second-order valence-electron chi connectivity index (χ2n) is 6.35. The summed E-state index contributed by atoms with van der Waals surface area (Å²) in [4.78, 5) is 36.1. The topological polar surface area (TPSA) is 84.5 Å². The molecule has 0 fully saturated rings. The number of hydrogen-bond donors (Lipinski definition) is 2. The van der Waals surface area contributed by atoms with Crippen LogP contribution in [-0.2, 0) is 9.59 Å². The van der Waals surface area contributed by atoms with E-state index in [9.17, 15) is 14.4 Å². The zero-order valence-corrected chi connectivity index (χ0v) is 16.5. The monoisotopic (exact) mass is 412 g/mol. The van der Waals surface area contributed by atoms with E-state index < -0.39 is 17.8 Å². The van der Waals surface area contributed by atoms with Gasteiger partial charge in [0.1, 0.15) is 5.75 Å². The molecule has 0 aliphatic rings. The van der Waals surface area contributed by atoms with Gasteiger partial charge in [-0.1, -0.05) is 66.7 Å². The Morgan fingerprint density at radius 2 is 1.32 bits per heavy atom. The van der Waals surface area contributed by atoms with Gasteiger partial charge in [-0.3, -0.25) is 20.4 Å². The maximum absolute atomic E-state index is 12.1. The van der Waals surface area contributed by atoms with E-state index in [1.807, 2.05) is 30.3 Å². The van der Waals surface area contributed by atoms with E-state index in [0.717, 1.165) is 5.56 Å². The molecule has 6 nitrogen and oxygen atoms in total. The summed E-state index contributed by atoms with van der Waals surface area (Å²) in [6.07, 6.45) is 5.72. The van der Waals surface area contributed by atoms with E-state index in [0.29, 0.717) is 16.9 Å². The average Bonchev–Trinajstić information content (AvgIpc) is 2.82. The van der Waals surface area contributed by atoms with Crippen molar-refractivity contribution < 1.29 is 19.1 Å². The van der Waals surface area contributed by atoms with Crippen LogP contribution in [0.15, 0.2) is 97.1 Å². The molecule has 0 heterocycles. The quantitative estimate of drug-likeness (QED) is 0.279. The van der Waals surface area contributed by atoms with Crippen molar-refractivity contribution in [3.05, 3.63) is 114 Å². The minimum atomic E-state index is -0.538. The normalized spacial score (nSPS) is 10.7. The van der Waals surface area contributed by atoms with E-state index in [2.05, 4.69) is 10.9 Å². The summed E-state index contributed by atoms with van der Waals surface area (Å²) in [5.41, 5.74) is 6.47. The van der Waals surface area contributed by atoms with Gasteiger partial charge in [0.2, 0.25) is 0 Å². The Bertz CT molecular complexity index is 1110. The van der Waals surface area contributed by atoms with Crippen molar-refractivity contribution in [1.29, 1.82) is 0 Å². The molecule has 0 bridgehead atoms. The third kappa shape index (κ3) is 6.83. The summed E-state index contributed by atoms with van der Waals surface area (Å²) >= 11 is 0. The van der Waals surface area contributed by atoms with E-state index in [-0.39, 0.29) is 0 Å². The van der Waals surface area contributed by atoms with Crippen LogP contribution in [0.25, 0.3) is 12.2 Å². The van der Waals surface area contributed by atoms with Crippen molar-refractivity contribution in [1.82, 2.24) is 10.9 Å². The molecular weight excluding hydrogens is 392 g/mol. The fourth-order valence-electron chi connectivity index (χ4n) is 2.57. The number of benzene rings is 3. The first-order valence-corrected chi connectivity index (χ1v) is 9.49. The van der Waals surface area contributed by atoms with Crippen molar-refractivity contribution in [3.63, 3.8) is 0 Å². The molecule has 0 atom stereocenters. The zero-order valence-electron chi connectivity index (χ0n) is 16.5. The van der Waals surface area contributed by atoms with Crippen molar-refractivity contribution in [2.45, 2.75) is 0 Å². The predicted molar refractivity (Wildman–Crippen MR) is 119 cm³/mol. The number of amides is 2. The molecule has 31 heavy (non-hydrogen) atoms. The lowest BCUT2D eigenvalue weighted by atomic mass is 10.2. The third-order valence-corrected chi connectivity index (χ3v) is 4.09. The second kappa shape index (κ2) is 10.9. The van der Waals surface area contributed by atoms with Crippen LogP contribution < -0.4 is 15.6 Å². The SMILES string of the molecule is O=C(/C=C/c1ccccc1OC(=O)/C=C/c1ccccc1)NNC(=O)c1ccccc1. The molecule has 0 saturated heterocycles. The van der Waals surface area contributed by atoms with Gasteiger partial charge in [0.25, 0.3) is 11.8 Å². The Morgan fingerprint density at radius 1 is 0.677 bits per heavy atom. The van der Waals surface area contributed by atoms with Crippen LogP contribution in [0.1, 0.15) is 21.5 Å². The van der Waals surface area contributed by atoms with Crippen LogP contribution in [0.5, 0.6) is 5.75 Å². The van der Waals surface area contributed by atoms with Gasteiger partial charge in [0.05, 0.1) is 0 Å². The van der Waals surface area contributed by atoms with Crippen molar-refractivity contribution >= 4 is 29.9 Å². The van der Waals surface area contributed by atoms with Gasteiger partial charge in [-0.15, -0.1) is 0 Å². The number of hydrogen-bond acceptors (Lipinski definition) is 4. The minimum absolute atomic E-state index is 0.308. The van der Waals surface area contributed by atoms with E-state index in [1.165, 1.54) is 18.2 Å². The number of ether oxygens (including phenoxy) is 1. The summed E-state index contributed by atoms with van der Waals surface area (Å²) < 4.78 is 5.38. The molecule has 3 aromatic carbocycles. The number of carbonyl (C=O) groups excluding carboxylic acids is 3. The predicted octanol–water partition coefficient (Wildman–Crippen LogP) is 3.78. The van der Waals surface area contributed by atoms with E-state index >= 15 is 0 Å². The van der Waals surface area contributed by atoms with Crippen molar-refractivity contribution in [2.75, 3.05) is 0 Å². The summed E-state index contributed by atoms with van der Waals surface area (Å²) in [6.45, 7) is 0. The number of para-hydroxylation sites is 1. The van der Waals surface area contributed by atoms with Crippen LogP contribution in [0.2, 0.25) is 0 Å². The Labute approximate surface area is 179 Å². The highest BCUT2D eigenvalue weighted by atomic mass is 16.5. The molecule has 0 radical (unpaired) electrons. The van der Waals surface area contributed by atoms with Crippen molar-refractivity contribution in [3.8, 4) is 5.75 Å². The molecule has 3 rings (SSSR count). The fourth-order valence-corrected chi connectivity index (χ4v) is 2.57. The first kappa shape index (κ1) is 21.3. The smallest absolute Gasteiger partial charge is 0.336 e. The van der Waals surface area contributed by atoms with Crippen molar-refractivity contribution in [2.24, 2.45) is 0 Å². The van der Waals surface area contributed by atoms with Gasteiger partial charge in [-0.25, -0.2) is 4.79 Å². The van der Waals surface area contributed by atoms with E-state index in [1.54, 1.807) is 60.7 Å². The van der Waals surface area contributed by atoms with Crippen LogP contribution in [0, 0.1) is 0 Å². The lowest BCUT2D eigenvalue weighted by Gasteiger charge is -2.06. The molecule has 2 amide bonds. The van der Waals surface area contributed by atoms with Gasteiger partial charge in [-0.2, -0.15) is 0 Å². The zero-order chi connectivity index (χ0) is 21.9. The Hall–Kier alpha value is -4.45. The van der Waals surface area contributed by atoms with E-state index in [4.69, 9.17) is 4.74 Å². The molecule has 0 unspecified atom stereocenters. The lowest BCUT2D eigenvalue weighted by molar-refractivity contribution is -0.128. The number of esters is 1. The minimum Gasteiger partial charge on any atom is -0.423 e. The van der Waals surface area contributed by atoms with Crippen LogP contribution >= 0.6 is 0 Å².